The van der Waals surface area contributed by atoms with Crippen molar-refractivity contribution in [1.29, 1.82) is 0 Å². The molecule has 0 saturated carbocycles. The highest BCUT2D eigenvalue weighted by Crippen LogP contribution is 2.27. The molecule has 0 radical (unpaired) electrons. The Labute approximate surface area is 121 Å². The van der Waals surface area contributed by atoms with Crippen molar-refractivity contribution in [2.45, 2.75) is 12.5 Å². The van der Waals surface area contributed by atoms with Gasteiger partial charge in [0.1, 0.15) is 5.69 Å². The Kier molecular flexibility index (Phi) is 4.84. The molecule has 110 valence electrons. The van der Waals surface area contributed by atoms with Crippen LogP contribution in [0.2, 0.25) is 0 Å². The van der Waals surface area contributed by atoms with Gasteiger partial charge in [-0.05, 0) is 17.7 Å². The quantitative estimate of drug-likeness (QED) is 0.633. The van der Waals surface area contributed by atoms with Gasteiger partial charge in [-0.2, -0.15) is 4.39 Å². The number of hydrogen-bond donors (Lipinski definition) is 2. The number of nitro benzene ring substituents is 1. The van der Waals surface area contributed by atoms with Gasteiger partial charge in [0.15, 0.2) is 0 Å². The van der Waals surface area contributed by atoms with Crippen molar-refractivity contribution in [1.82, 2.24) is 0 Å². The molecule has 5 nitrogen and oxygen atoms in total. The summed E-state index contributed by atoms with van der Waals surface area (Å²) in [5.41, 5.74) is 0.414. The number of nitro groups is 1. The highest BCUT2D eigenvalue weighted by Gasteiger charge is 2.20. The molecule has 0 fully saturated rings. The molecule has 0 heterocycles. The van der Waals surface area contributed by atoms with Crippen LogP contribution in [0.4, 0.5) is 15.8 Å². The molecule has 1 atom stereocenters. The fraction of sp³-hybridized carbons (Fsp3) is 0.200. The maximum absolute atomic E-state index is 13.4. The van der Waals surface area contributed by atoms with Gasteiger partial charge >= 0.3 is 5.69 Å². The molecule has 0 aliphatic carbocycles. The Hall–Kier alpha value is -2.47. The summed E-state index contributed by atoms with van der Waals surface area (Å²) in [6, 6.07) is 13.2. The van der Waals surface area contributed by atoms with E-state index in [1.807, 2.05) is 30.3 Å². The second-order valence-electron chi connectivity index (χ2n) is 4.62. The summed E-state index contributed by atoms with van der Waals surface area (Å²) in [7, 11) is 0. The van der Waals surface area contributed by atoms with Gasteiger partial charge < -0.3 is 10.4 Å². The third-order valence-corrected chi connectivity index (χ3v) is 3.01. The van der Waals surface area contributed by atoms with Gasteiger partial charge in [0.25, 0.3) is 0 Å². The molecule has 21 heavy (non-hydrogen) atoms. The van der Waals surface area contributed by atoms with E-state index in [0.29, 0.717) is 6.42 Å². The van der Waals surface area contributed by atoms with E-state index in [-0.39, 0.29) is 12.2 Å². The Morgan fingerprint density at radius 3 is 2.57 bits per heavy atom. The van der Waals surface area contributed by atoms with E-state index in [0.717, 1.165) is 11.6 Å². The van der Waals surface area contributed by atoms with Crippen LogP contribution >= 0.6 is 0 Å². The van der Waals surface area contributed by atoms with E-state index in [4.69, 9.17) is 0 Å². The molecule has 0 spiro atoms. The number of nitrogens with one attached hydrogen (secondary N) is 1. The molecule has 6 heteroatoms. The van der Waals surface area contributed by atoms with E-state index in [9.17, 15) is 19.6 Å². The van der Waals surface area contributed by atoms with Gasteiger partial charge in [0, 0.05) is 13.0 Å². The minimum atomic E-state index is -0.900. The monoisotopic (exact) mass is 290 g/mol. The Bertz CT molecular complexity index is 620. The average Bonchev–Trinajstić information content (AvgIpc) is 2.45. The third kappa shape index (κ3) is 4.00. The van der Waals surface area contributed by atoms with Crippen molar-refractivity contribution in [2.75, 3.05) is 11.9 Å². The van der Waals surface area contributed by atoms with Crippen LogP contribution in [-0.2, 0) is 6.42 Å². The lowest BCUT2D eigenvalue weighted by Crippen LogP contribution is -2.22. The van der Waals surface area contributed by atoms with Crippen molar-refractivity contribution in [3.8, 4) is 0 Å². The minimum Gasteiger partial charge on any atom is -0.391 e. The largest absolute Gasteiger partial charge is 0.391 e. The average molecular weight is 290 g/mol. The molecule has 0 bridgehead atoms. The normalized spacial score (nSPS) is 11.9. The molecule has 1 unspecified atom stereocenters. The summed E-state index contributed by atoms with van der Waals surface area (Å²) in [5, 5.41) is 23.5. The zero-order chi connectivity index (χ0) is 15.2. The third-order valence-electron chi connectivity index (χ3n) is 3.01. The zero-order valence-electron chi connectivity index (χ0n) is 11.2. The van der Waals surface area contributed by atoms with Crippen molar-refractivity contribution in [3.63, 3.8) is 0 Å². The number of hydrogen-bond acceptors (Lipinski definition) is 4. The van der Waals surface area contributed by atoms with Gasteiger partial charge in [-0.1, -0.05) is 36.4 Å². The van der Waals surface area contributed by atoms with Crippen LogP contribution in [0.1, 0.15) is 5.56 Å². The maximum atomic E-state index is 13.4. The molecular weight excluding hydrogens is 275 g/mol. The molecule has 0 aliphatic heterocycles. The van der Waals surface area contributed by atoms with Gasteiger partial charge in [0.05, 0.1) is 11.0 Å². The van der Waals surface area contributed by atoms with Crippen LogP contribution in [0.5, 0.6) is 0 Å². The van der Waals surface area contributed by atoms with Crippen molar-refractivity contribution in [3.05, 3.63) is 70.0 Å². The van der Waals surface area contributed by atoms with Crippen LogP contribution < -0.4 is 5.32 Å². The summed E-state index contributed by atoms with van der Waals surface area (Å²) in [6.45, 7) is 0.0964. The van der Waals surface area contributed by atoms with E-state index in [1.54, 1.807) is 0 Å². The fourth-order valence-corrected chi connectivity index (χ4v) is 2.03. The minimum absolute atomic E-state index is 0.0621. The van der Waals surface area contributed by atoms with Crippen LogP contribution in [0.25, 0.3) is 0 Å². The first-order valence-corrected chi connectivity index (χ1v) is 6.46. The maximum Gasteiger partial charge on any atom is 0.327 e. The molecule has 0 aliphatic rings. The molecule has 2 N–H and O–H groups in total. The fourth-order valence-electron chi connectivity index (χ4n) is 2.03. The molecular formula is C15H15FN2O3. The smallest absolute Gasteiger partial charge is 0.327 e. The number of aliphatic hydroxyl groups is 1. The van der Waals surface area contributed by atoms with Crippen LogP contribution in [-0.4, -0.2) is 22.7 Å². The number of para-hydroxylation sites is 1. The van der Waals surface area contributed by atoms with Gasteiger partial charge in [0.2, 0.25) is 5.82 Å². The molecule has 0 saturated heterocycles. The SMILES string of the molecule is O=[N+]([O-])c1c(F)cccc1NCC(O)Cc1ccccc1. The number of benzene rings is 2. The van der Waals surface area contributed by atoms with E-state index in [1.165, 1.54) is 12.1 Å². The predicted octanol–water partition coefficient (Wildman–Crippen LogP) is 2.75. The van der Waals surface area contributed by atoms with Crippen molar-refractivity contribution in [2.24, 2.45) is 0 Å². The van der Waals surface area contributed by atoms with Crippen LogP contribution in [0, 0.1) is 15.9 Å². The molecule has 2 rings (SSSR count). The lowest BCUT2D eigenvalue weighted by atomic mass is 10.1. The first kappa shape index (κ1) is 14.9. The highest BCUT2D eigenvalue weighted by molar-refractivity contribution is 5.61. The second-order valence-corrected chi connectivity index (χ2v) is 4.62. The standard InChI is InChI=1S/C15H15FN2O3/c16-13-7-4-8-14(15(13)18(20)21)17-10-12(19)9-11-5-2-1-3-6-11/h1-8,12,17,19H,9-10H2. The molecule has 0 aromatic heterocycles. The lowest BCUT2D eigenvalue weighted by molar-refractivity contribution is -0.386. The van der Waals surface area contributed by atoms with Gasteiger partial charge in [-0.3, -0.25) is 10.1 Å². The number of nitrogens with zero attached hydrogens (tertiary/aromatic N) is 1. The first-order chi connectivity index (χ1) is 10.1. The summed E-state index contributed by atoms with van der Waals surface area (Å²) in [4.78, 5) is 10.1. The van der Waals surface area contributed by atoms with Crippen molar-refractivity contribution < 1.29 is 14.4 Å². The van der Waals surface area contributed by atoms with E-state index < -0.39 is 22.5 Å². The summed E-state index contributed by atoms with van der Waals surface area (Å²) < 4.78 is 13.4. The van der Waals surface area contributed by atoms with Crippen LogP contribution in [0.15, 0.2) is 48.5 Å². The zero-order valence-corrected chi connectivity index (χ0v) is 11.2. The Balaban J connectivity index is 2.00. The summed E-state index contributed by atoms with van der Waals surface area (Å²) in [6.07, 6.45) is -0.313. The highest BCUT2D eigenvalue weighted by atomic mass is 19.1. The van der Waals surface area contributed by atoms with Crippen LogP contribution in [0.3, 0.4) is 0 Å². The summed E-state index contributed by atoms with van der Waals surface area (Å²) in [5.74, 6) is -0.900. The molecule has 2 aromatic rings. The first-order valence-electron chi connectivity index (χ1n) is 6.46. The second kappa shape index (κ2) is 6.81. The number of aliphatic hydroxyl groups excluding tert-OH is 1. The number of rotatable bonds is 6. The van der Waals surface area contributed by atoms with E-state index >= 15 is 0 Å². The number of anilines is 1. The lowest BCUT2D eigenvalue weighted by Gasteiger charge is -2.13. The predicted molar refractivity (Wildman–Crippen MR) is 77.7 cm³/mol. The Morgan fingerprint density at radius 2 is 1.90 bits per heavy atom. The molecule has 0 amide bonds. The summed E-state index contributed by atoms with van der Waals surface area (Å²) >= 11 is 0. The van der Waals surface area contributed by atoms with Gasteiger partial charge in [-0.25, -0.2) is 0 Å². The van der Waals surface area contributed by atoms with Gasteiger partial charge in [-0.15, -0.1) is 0 Å². The topological polar surface area (TPSA) is 75.4 Å². The van der Waals surface area contributed by atoms with E-state index in [2.05, 4.69) is 5.32 Å². The number of halogens is 1. The van der Waals surface area contributed by atoms with Crippen molar-refractivity contribution >= 4 is 11.4 Å². The molecule has 2 aromatic carbocycles. The Morgan fingerprint density at radius 1 is 1.19 bits per heavy atom.